The molecule has 39 heavy (non-hydrogen) atoms. The number of hydrogen-bond acceptors (Lipinski definition) is 8. The van der Waals surface area contributed by atoms with Gasteiger partial charge in [-0.05, 0) is 53.4 Å². The molecule has 0 unspecified atom stereocenters. The number of piperazine rings is 1. The van der Waals surface area contributed by atoms with Crippen molar-refractivity contribution in [2.75, 3.05) is 36.8 Å². The predicted octanol–water partition coefficient (Wildman–Crippen LogP) is 3.49. The Balaban J connectivity index is 1.29. The number of phenols is 1. The zero-order chi connectivity index (χ0) is 28.2. The summed E-state index contributed by atoms with van der Waals surface area (Å²) < 4.78 is 61.9. The van der Waals surface area contributed by atoms with E-state index < -0.39 is 34.3 Å². The molecule has 0 aliphatic carbocycles. The number of hydrogen-bond donors (Lipinski definition) is 2. The molecule has 0 bridgehead atoms. The number of aryl methyl sites for hydroxylation is 1. The van der Waals surface area contributed by atoms with Crippen molar-refractivity contribution >= 4 is 21.7 Å². The Morgan fingerprint density at radius 1 is 1.03 bits per heavy atom. The van der Waals surface area contributed by atoms with Crippen molar-refractivity contribution in [2.45, 2.75) is 26.1 Å². The predicted molar refractivity (Wildman–Crippen MR) is 140 cm³/mol. The van der Waals surface area contributed by atoms with Crippen LogP contribution in [0, 0.1) is 6.92 Å². The lowest BCUT2D eigenvalue weighted by atomic mass is 9.98. The number of phenolic OH excluding ortho intramolecular Hbond substituents is 1. The molecule has 1 saturated heterocycles. The SMILES string of the molecule is Cc1cc(CN2CCN(c3ccc(C(=O)NS(=O)(=O)CCC(F)(F)F)nn3)CC2)ccc1-c1cccc(O)c1. The number of sulfonamides is 1. The van der Waals surface area contributed by atoms with E-state index in [4.69, 9.17) is 0 Å². The number of carbonyl (C=O) groups is 1. The first-order valence-electron chi connectivity index (χ1n) is 12.2. The van der Waals surface area contributed by atoms with Crippen LogP contribution in [0.3, 0.4) is 0 Å². The minimum absolute atomic E-state index is 0.226. The summed E-state index contributed by atoms with van der Waals surface area (Å²) in [5.74, 6) is -1.65. The van der Waals surface area contributed by atoms with Gasteiger partial charge in [0.25, 0.3) is 5.91 Å². The first-order valence-corrected chi connectivity index (χ1v) is 13.9. The molecule has 2 N–H and O–H groups in total. The van der Waals surface area contributed by atoms with Gasteiger partial charge in [-0.1, -0.05) is 30.3 Å². The zero-order valence-corrected chi connectivity index (χ0v) is 22.0. The van der Waals surface area contributed by atoms with E-state index in [0.29, 0.717) is 18.9 Å². The van der Waals surface area contributed by atoms with Crippen molar-refractivity contribution in [1.29, 1.82) is 0 Å². The van der Waals surface area contributed by atoms with Crippen LogP contribution >= 0.6 is 0 Å². The van der Waals surface area contributed by atoms with Crippen molar-refractivity contribution in [2.24, 2.45) is 0 Å². The Morgan fingerprint density at radius 3 is 2.38 bits per heavy atom. The third-order valence-electron chi connectivity index (χ3n) is 6.34. The molecule has 2 heterocycles. The highest BCUT2D eigenvalue weighted by atomic mass is 32.2. The van der Waals surface area contributed by atoms with E-state index in [1.807, 2.05) is 24.0 Å². The number of aromatic nitrogens is 2. The van der Waals surface area contributed by atoms with Gasteiger partial charge in [0.15, 0.2) is 11.5 Å². The lowest BCUT2D eigenvalue weighted by Crippen LogP contribution is -2.46. The number of carbonyl (C=O) groups excluding carboxylic acids is 1. The molecule has 208 valence electrons. The van der Waals surface area contributed by atoms with Crippen molar-refractivity contribution in [3.63, 3.8) is 0 Å². The Kier molecular flexibility index (Phi) is 8.40. The molecule has 0 saturated carbocycles. The van der Waals surface area contributed by atoms with Crippen molar-refractivity contribution in [3.8, 4) is 16.9 Å². The molecule has 1 aliphatic heterocycles. The third-order valence-corrected chi connectivity index (χ3v) is 7.57. The second kappa shape index (κ2) is 11.6. The fourth-order valence-electron chi connectivity index (χ4n) is 4.32. The molecule has 1 aliphatic rings. The monoisotopic (exact) mass is 563 g/mol. The van der Waals surface area contributed by atoms with Gasteiger partial charge in [0.1, 0.15) is 5.75 Å². The minimum Gasteiger partial charge on any atom is -0.508 e. The fraction of sp³-hybridized carbons (Fsp3) is 0.346. The lowest BCUT2D eigenvalue weighted by molar-refractivity contribution is -0.130. The van der Waals surface area contributed by atoms with Crippen molar-refractivity contribution in [1.82, 2.24) is 19.8 Å². The maximum atomic E-state index is 12.3. The van der Waals surface area contributed by atoms with Gasteiger partial charge in [-0.25, -0.2) is 13.1 Å². The number of halogens is 3. The number of nitrogens with one attached hydrogen (secondary N) is 1. The number of amides is 1. The summed E-state index contributed by atoms with van der Waals surface area (Å²) in [6.07, 6.45) is -6.21. The van der Waals surface area contributed by atoms with Gasteiger partial charge in [0, 0.05) is 32.7 Å². The van der Waals surface area contributed by atoms with E-state index in [-0.39, 0.29) is 11.4 Å². The Bertz CT molecular complexity index is 1420. The number of anilines is 1. The number of rotatable bonds is 8. The highest BCUT2D eigenvalue weighted by molar-refractivity contribution is 7.90. The highest BCUT2D eigenvalue weighted by Crippen LogP contribution is 2.27. The summed E-state index contributed by atoms with van der Waals surface area (Å²) >= 11 is 0. The van der Waals surface area contributed by atoms with Crippen LogP contribution in [0.15, 0.2) is 54.6 Å². The fourth-order valence-corrected chi connectivity index (χ4v) is 5.31. The van der Waals surface area contributed by atoms with Crippen LogP contribution in [0.1, 0.15) is 28.0 Å². The number of alkyl halides is 3. The van der Waals surface area contributed by atoms with E-state index in [0.717, 1.165) is 36.3 Å². The summed E-state index contributed by atoms with van der Waals surface area (Å²) in [5, 5.41) is 17.5. The van der Waals surface area contributed by atoms with Gasteiger partial charge in [-0.15, -0.1) is 10.2 Å². The van der Waals surface area contributed by atoms with Crippen LogP contribution in [0.5, 0.6) is 5.75 Å². The number of nitrogens with zero attached hydrogens (tertiary/aromatic N) is 4. The van der Waals surface area contributed by atoms with Crippen molar-refractivity contribution < 1.29 is 31.5 Å². The lowest BCUT2D eigenvalue weighted by Gasteiger charge is -2.35. The molecule has 0 atom stereocenters. The molecule has 0 radical (unpaired) electrons. The third kappa shape index (κ3) is 7.90. The van der Waals surface area contributed by atoms with E-state index in [1.54, 1.807) is 16.9 Å². The average molecular weight is 564 g/mol. The normalized spacial score (nSPS) is 14.8. The molecular weight excluding hydrogens is 535 g/mol. The van der Waals surface area contributed by atoms with Crippen molar-refractivity contribution in [3.05, 3.63) is 71.4 Å². The van der Waals surface area contributed by atoms with Gasteiger partial charge >= 0.3 is 6.18 Å². The smallest absolute Gasteiger partial charge is 0.390 e. The summed E-state index contributed by atoms with van der Waals surface area (Å²) in [6.45, 7) is 5.65. The molecule has 0 spiro atoms. The molecule has 13 heteroatoms. The topological polar surface area (TPSA) is 116 Å². The molecular formula is C26H28F3N5O4S. The van der Waals surface area contributed by atoms with Gasteiger partial charge < -0.3 is 10.0 Å². The second-order valence-electron chi connectivity index (χ2n) is 9.35. The first-order chi connectivity index (χ1) is 18.4. The standard InChI is InChI=1S/C26H28F3N5O4S/c1-18-15-19(5-6-22(18)20-3-2-4-21(35)16-20)17-33-10-12-34(13-11-33)24-8-7-23(30-31-24)25(36)32-39(37,38)14-9-26(27,28)29/h2-8,15-16,35H,9-14,17H2,1H3,(H,32,36). The minimum atomic E-state index is -4.65. The number of benzene rings is 2. The van der Waals surface area contributed by atoms with Crippen LogP contribution in [-0.2, 0) is 16.6 Å². The zero-order valence-electron chi connectivity index (χ0n) is 21.1. The van der Waals surface area contributed by atoms with E-state index >= 15 is 0 Å². The van der Waals surface area contributed by atoms with E-state index in [2.05, 4.69) is 33.3 Å². The summed E-state index contributed by atoms with van der Waals surface area (Å²) in [7, 11) is -4.46. The van der Waals surface area contributed by atoms with Crippen LogP contribution in [-0.4, -0.2) is 72.6 Å². The molecule has 4 rings (SSSR count). The summed E-state index contributed by atoms with van der Waals surface area (Å²) in [4.78, 5) is 16.4. The van der Waals surface area contributed by atoms with Crippen LogP contribution in [0.2, 0.25) is 0 Å². The van der Waals surface area contributed by atoms with Gasteiger partial charge in [0.05, 0.1) is 12.2 Å². The Labute approximate surface area is 224 Å². The largest absolute Gasteiger partial charge is 0.508 e. The quantitative estimate of drug-likeness (QED) is 0.428. The van der Waals surface area contributed by atoms with Crippen LogP contribution in [0.4, 0.5) is 19.0 Å². The molecule has 1 fully saturated rings. The molecule has 9 nitrogen and oxygen atoms in total. The number of aromatic hydroxyl groups is 1. The Morgan fingerprint density at radius 2 is 1.77 bits per heavy atom. The molecule has 1 aromatic heterocycles. The van der Waals surface area contributed by atoms with Gasteiger partial charge in [-0.2, -0.15) is 13.2 Å². The molecule has 1 amide bonds. The molecule has 3 aromatic rings. The highest BCUT2D eigenvalue weighted by Gasteiger charge is 2.31. The van der Waals surface area contributed by atoms with Gasteiger partial charge in [0.2, 0.25) is 10.0 Å². The maximum Gasteiger partial charge on any atom is 0.390 e. The first kappa shape index (κ1) is 28.3. The molecule has 2 aromatic carbocycles. The second-order valence-corrected chi connectivity index (χ2v) is 11.2. The Hall–Kier alpha value is -3.71. The van der Waals surface area contributed by atoms with E-state index in [1.165, 1.54) is 17.7 Å². The average Bonchev–Trinajstić information content (AvgIpc) is 2.88. The van der Waals surface area contributed by atoms with Crippen LogP contribution in [0.25, 0.3) is 11.1 Å². The maximum absolute atomic E-state index is 12.3. The van der Waals surface area contributed by atoms with Gasteiger partial charge in [-0.3, -0.25) is 9.69 Å². The summed E-state index contributed by atoms with van der Waals surface area (Å²) in [6, 6.07) is 16.3. The van der Waals surface area contributed by atoms with Crippen LogP contribution < -0.4 is 9.62 Å². The summed E-state index contributed by atoms with van der Waals surface area (Å²) in [5.41, 5.74) is 4.00. The van der Waals surface area contributed by atoms with E-state index in [9.17, 15) is 31.5 Å².